The van der Waals surface area contributed by atoms with Gasteiger partial charge in [0, 0.05) is 10.4 Å². The maximum atomic E-state index is 12.3. The Morgan fingerprint density at radius 3 is 2.64 bits per heavy atom. The summed E-state index contributed by atoms with van der Waals surface area (Å²) < 4.78 is 5.96. The van der Waals surface area contributed by atoms with Crippen molar-refractivity contribution in [2.45, 2.75) is 19.4 Å². The number of thiophene rings is 1. The number of esters is 1. The molecule has 0 bridgehead atoms. The van der Waals surface area contributed by atoms with E-state index in [0.717, 1.165) is 15.6 Å². The summed E-state index contributed by atoms with van der Waals surface area (Å²) in [5.74, 6) is -0.345. The van der Waals surface area contributed by atoms with Crippen molar-refractivity contribution in [3.05, 3.63) is 65.0 Å². The third-order valence-corrected chi connectivity index (χ3v) is 5.23. The van der Waals surface area contributed by atoms with Crippen molar-refractivity contribution < 1.29 is 19.4 Å². The van der Waals surface area contributed by atoms with Gasteiger partial charge < -0.3 is 20.5 Å². The number of benzene rings is 2. The molecule has 2 amide bonds. The van der Waals surface area contributed by atoms with Crippen molar-refractivity contribution in [3.63, 3.8) is 0 Å². The molecule has 3 N–H and O–H groups in total. The molecule has 0 fully saturated rings. The zero-order chi connectivity index (χ0) is 19.9. The van der Waals surface area contributed by atoms with Crippen LogP contribution in [0.5, 0.6) is 0 Å². The van der Waals surface area contributed by atoms with Crippen LogP contribution in [0.25, 0.3) is 10.1 Å². The van der Waals surface area contributed by atoms with E-state index in [9.17, 15) is 14.7 Å². The van der Waals surface area contributed by atoms with Gasteiger partial charge in [-0.15, -0.1) is 11.3 Å². The van der Waals surface area contributed by atoms with Crippen LogP contribution >= 0.6 is 11.3 Å². The molecule has 6 nitrogen and oxygen atoms in total. The normalized spacial score (nSPS) is 11.8. The molecule has 1 atom stereocenters. The van der Waals surface area contributed by atoms with Crippen LogP contribution in [0.1, 0.15) is 22.2 Å². The number of fused-ring (bicyclic) bond motifs is 1. The first kappa shape index (κ1) is 19.9. The Labute approximate surface area is 167 Å². The lowest BCUT2D eigenvalue weighted by Gasteiger charge is -2.17. The highest BCUT2D eigenvalue weighted by atomic mass is 32.1. The molecular formula is C21H22N2O4S. The molecule has 1 heterocycles. The van der Waals surface area contributed by atoms with E-state index >= 15 is 0 Å². The number of ether oxygens (including phenoxy) is 1. The van der Waals surface area contributed by atoms with Gasteiger partial charge in [0.15, 0.2) is 0 Å². The molecule has 1 unspecified atom stereocenters. The zero-order valence-corrected chi connectivity index (χ0v) is 16.3. The Balaban J connectivity index is 1.64. The number of carbonyl (C=O) groups excluding carboxylic acids is 2. The largest absolute Gasteiger partial charge is 0.462 e. The summed E-state index contributed by atoms with van der Waals surface area (Å²) >= 11 is 1.35. The van der Waals surface area contributed by atoms with Crippen molar-refractivity contribution in [1.29, 1.82) is 0 Å². The fourth-order valence-corrected chi connectivity index (χ4v) is 3.77. The highest BCUT2D eigenvalue weighted by molar-refractivity contribution is 7.20. The van der Waals surface area contributed by atoms with Crippen molar-refractivity contribution in [2.75, 3.05) is 18.5 Å². The van der Waals surface area contributed by atoms with Crippen molar-refractivity contribution in [2.24, 2.45) is 0 Å². The van der Waals surface area contributed by atoms with Crippen LogP contribution in [0.2, 0.25) is 0 Å². The number of rotatable bonds is 7. The summed E-state index contributed by atoms with van der Waals surface area (Å²) in [4.78, 5) is 24.7. The standard InChI is InChI=1S/C21H22N2O4S/c1-2-27-20(25)19-12-15-11-16(8-9-18(15)28-19)22-21(26)23-17(13-24)10-14-6-4-3-5-7-14/h3-9,11-12,17,24H,2,10,13H2,1H3,(H2,22,23,26). The minimum atomic E-state index is -0.393. The van der Waals surface area contributed by atoms with Gasteiger partial charge in [-0.3, -0.25) is 0 Å². The van der Waals surface area contributed by atoms with Crippen molar-refractivity contribution >= 4 is 39.1 Å². The van der Waals surface area contributed by atoms with Gasteiger partial charge in [0.05, 0.1) is 19.3 Å². The second-order valence-electron chi connectivity index (χ2n) is 6.25. The molecule has 0 aliphatic carbocycles. The molecular weight excluding hydrogens is 376 g/mol. The molecule has 2 aromatic carbocycles. The molecule has 0 radical (unpaired) electrons. The lowest BCUT2D eigenvalue weighted by atomic mass is 10.1. The van der Waals surface area contributed by atoms with Gasteiger partial charge in [0.25, 0.3) is 0 Å². The van der Waals surface area contributed by atoms with Gasteiger partial charge in [-0.25, -0.2) is 9.59 Å². The molecule has 0 aliphatic rings. The molecule has 3 rings (SSSR count). The van der Waals surface area contributed by atoms with Gasteiger partial charge >= 0.3 is 12.0 Å². The van der Waals surface area contributed by atoms with Gasteiger partial charge in [0.2, 0.25) is 0 Å². The van der Waals surface area contributed by atoms with E-state index in [1.807, 2.05) is 36.4 Å². The SMILES string of the molecule is CCOC(=O)c1cc2cc(NC(=O)NC(CO)Cc3ccccc3)ccc2s1. The lowest BCUT2D eigenvalue weighted by molar-refractivity contribution is 0.0532. The smallest absolute Gasteiger partial charge is 0.348 e. The summed E-state index contributed by atoms with van der Waals surface area (Å²) in [5.41, 5.74) is 1.64. The number of amides is 2. The van der Waals surface area contributed by atoms with Crippen LogP contribution < -0.4 is 10.6 Å². The average Bonchev–Trinajstić information content (AvgIpc) is 3.12. The van der Waals surface area contributed by atoms with E-state index in [4.69, 9.17) is 4.74 Å². The quantitative estimate of drug-likeness (QED) is 0.528. The monoisotopic (exact) mass is 398 g/mol. The lowest BCUT2D eigenvalue weighted by Crippen LogP contribution is -2.41. The summed E-state index contributed by atoms with van der Waals surface area (Å²) in [7, 11) is 0. The minimum absolute atomic E-state index is 0.158. The summed E-state index contributed by atoms with van der Waals surface area (Å²) in [6.07, 6.45) is 0.539. The third kappa shape index (κ3) is 5.09. The van der Waals surface area contributed by atoms with Gasteiger partial charge in [-0.05, 0) is 48.6 Å². The summed E-state index contributed by atoms with van der Waals surface area (Å²) in [6, 6.07) is 16.1. The number of urea groups is 1. The topological polar surface area (TPSA) is 87.7 Å². The highest BCUT2D eigenvalue weighted by Gasteiger charge is 2.14. The average molecular weight is 398 g/mol. The molecule has 3 aromatic rings. The molecule has 0 aliphatic heterocycles. The van der Waals surface area contributed by atoms with E-state index in [1.165, 1.54) is 11.3 Å². The number of anilines is 1. The van der Waals surface area contributed by atoms with E-state index in [2.05, 4.69) is 10.6 Å². The summed E-state index contributed by atoms with van der Waals surface area (Å²) in [5, 5.41) is 16.0. The molecule has 146 valence electrons. The van der Waals surface area contributed by atoms with E-state index in [-0.39, 0.29) is 18.6 Å². The molecule has 0 saturated heterocycles. The van der Waals surface area contributed by atoms with Crippen molar-refractivity contribution in [1.82, 2.24) is 5.32 Å². The molecule has 0 saturated carbocycles. The fourth-order valence-electron chi connectivity index (χ4n) is 2.84. The molecule has 1 aromatic heterocycles. The van der Waals surface area contributed by atoms with Crippen LogP contribution in [-0.2, 0) is 11.2 Å². The second-order valence-corrected chi connectivity index (χ2v) is 7.34. The van der Waals surface area contributed by atoms with Crippen LogP contribution in [0.3, 0.4) is 0 Å². The van der Waals surface area contributed by atoms with E-state index < -0.39 is 6.03 Å². The number of hydrogen-bond donors (Lipinski definition) is 3. The molecule has 0 spiro atoms. The first-order valence-electron chi connectivity index (χ1n) is 9.02. The van der Waals surface area contributed by atoms with Crippen LogP contribution in [0.4, 0.5) is 10.5 Å². The number of aliphatic hydroxyl groups is 1. The first-order valence-corrected chi connectivity index (χ1v) is 9.83. The van der Waals surface area contributed by atoms with E-state index in [1.54, 1.807) is 25.1 Å². The molecule has 7 heteroatoms. The number of nitrogens with one attached hydrogen (secondary N) is 2. The Bertz CT molecular complexity index is 955. The number of aliphatic hydroxyl groups excluding tert-OH is 1. The zero-order valence-electron chi connectivity index (χ0n) is 15.5. The molecule has 28 heavy (non-hydrogen) atoms. The van der Waals surface area contributed by atoms with Crippen LogP contribution in [0.15, 0.2) is 54.6 Å². The fraction of sp³-hybridized carbons (Fsp3) is 0.238. The Kier molecular flexibility index (Phi) is 6.62. The predicted octanol–water partition coefficient (Wildman–Crippen LogP) is 3.80. The van der Waals surface area contributed by atoms with Crippen LogP contribution in [-0.4, -0.2) is 36.4 Å². The second kappa shape index (κ2) is 9.34. The van der Waals surface area contributed by atoms with Gasteiger partial charge in [0.1, 0.15) is 4.88 Å². The number of carbonyl (C=O) groups is 2. The Morgan fingerprint density at radius 2 is 1.93 bits per heavy atom. The third-order valence-electron chi connectivity index (χ3n) is 4.13. The summed E-state index contributed by atoms with van der Waals surface area (Å²) in [6.45, 7) is 1.94. The van der Waals surface area contributed by atoms with Crippen molar-refractivity contribution in [3.8, 4) is 0 Å². The van der Waals surface area contributed by atoms with Gasteiger partial charge in [-0.2, -0.15) is 0 Å². The maximum Gasteiger partial charge on any atom is 0.348 e. The van der Waals surface area contributed by atoms with Crippen LogP contribution in [0, 0.1) is 0 Å². The van der Waals surface area contributed by atoms with E-state index in [0.29, 0.717) is 23.6 Å². The number of hydrogen-bond acceptors (Lipinski definition) is 5. The Hall–Kier alpha value is -2.90. The minimum Gasteiger partial charge on any atom is -0.462 e. The highest BCUT2D eigenvalue weighted by Crippen LogP contribution is 2.28. The first-order chi connectivity index (χ1) is 13.6. The predicted molar refractivity (Wildman–Crippen MR) is 111 cm³/mol. The maximum absolute atomic E-state index is 12.3. The van der Waals surface area contributed by atoms with Gasteiger partial charge in [-0.1, -0.05) is 30.3 Å². The Morgan fingerprint density at radius 1 is 1.14 bits per heavy atom.